The molecule has 1 aromatic rings. The number of nitrogens with one attached hydrogen (secondary N) is 1. The largest absolute Gasteiger partial charge is 0.381 e. The summed E-state index contributed by atoms with van der Waals surface area (Å²) in [6.07, 6.45) is 4.32. The van der Waals surface area contributed by atoms with Crippen LogP contribution in [0.5, 0.6) is 0 Å². The second kappa shape index (κ2) is 7.15. The number of rotatable bonds is 6. The first-order valence-electron chi connectivity index (χ1n) is 7.36. The van der Waals surface area contributed by atoms with E-state index in [2.05, 4.69) is 36.4 Å². The third kappa shape index (κ3) is 5.56. The Labute approximate surface area is 120 Å². The van der Waals surface area contributed by atoms with Crippen molar-refractivity contribution in [3.63, 3.8) is 0 Å². The SMILES string of the molecule is CC(C)(C)NCc1cn(CCOC2CCOCC2)nn1. The van der Waals surface area contributed by atoms with E-state index in [1.54, 1.807) is 0 Å². The van der Waals surface area contributed by atoms with Gasteiger partial charge < -0.3 is 14.8 Å². The van der Waals surface area contributed by atoms with E-state index < -0.39 is 0 Å². The molecule has 1 N–H and O–H groups in total. The highest BCUT2D eigenvalue weighted by atomic mass is 16.5. The molecule has 1 aromatic heterocycles. The van der Waals surface area contributed by atoms with Crippen molar-refractivity contribution in [3.05, 3.63) is 11.9 Å². The fourth-order valence-electron chi connectivity index (χ4n) is 2.04. The highest BCUT2D eigenvalue weighted by Crippen LogP contribution is 2.10. The van der Waals surface area contributed by atoms with Gasteiger partial charge in [-0.05, 0) is 33.6 Å². The number of hydrogen-bond donors (Lipinski definition) is 1. The molecule has 0 aromatic carbocycles. The lowest BCUT2D eigenvalue weighted by molar-refractivity contribution is -0.0345. The first kappa shape index (κ1) is 15.4. The van der Waals surface area contributed by atoms with Crippen molar-refractivity contribution < 1.29 is 9.47 Å². The zero-order valence-corrected chi connectivity index (χ0v) is 12.8. The predicted octanol–water partition coefficient (Wildman–Crippen LogP) is 1.36. The van der Waals surface area contributed by atoms with Crippen LogP contribution in [0.2, 0.25) is 0 Å². The second-order valence-corrected chi connectivity index (χ2v) is 6.26. The first-order valence-corrected chi connectivity index (χ1v) is 7.36. The molecule has 6 heteroatoms. The first-order chi connectivity index (χ1) is 9.53. The lowest BCUT2D eigenvalue weighted by Crippen LogP contribution is -2.35. The molecule has 0 amide bonds. The lowest BCUT2D eigenvalue weighted by atomic mass is 10.1. The Morgan fingerprint density at radius 3 is 2.85 bits per heavy atom. The maximum atomic E-state index is 5.83. The van der Waals surface area contributed by atoms with Crippen LogP contribution in [-0.2, 0) is 22.6 Å². The Morgan fingerprint density at radius 2 is 2.15 bits per heavy atom. The van der Waals surface area contributed by atoms with Crippen LogP contribution in [0, 0.1) is 0 Å². The van der Waals surface area contributed by atoms with E-state index in [4.69, 9.17) is 9.47 Å². The van der Waals surface area contributed by atoms with Crippen molar-refractivity contribution in [1.29, 1.82) is 0 Å². The highest BCUT2D eigenvalue weighted by Gasteiger charge is 2.14. The molecule has 0 bridgehead atoms. The zero-order chi connectivity index (χ0) is 14.4. The fourth-order valence-corrected chi connectivity index (χ4v) is 2.04. The topological polar surface area (TPSA) is 61.2 Å². The molecule has 20 heavy (non-hydrogen) atoms. The molecular formula is C14H26N4O2. The van der Waals surface area contributed by atoms with Gasteiger partial charge in [-0.25, -0.2) is 4.68 Å². The molecule has 0 aliphatic carbocycles. The van der Waals surface area contributed by atoms with Gasteiger partial charge in [-0.15, -0.1) is 5.10 Å². The van der Waals surface area contributed by atoms with Gasteiger partial charge in [0.2, 0.25) is 0 Å². The van der Waals surface area contributed by atoms with Crippen LogP contribution in [0.3, 0.4) is 0 Å². The lowest BCUT2D eigenvalue weighted by Gasteiger charge is -2.22. The molecule has 1 fully saturated rings. The van der Waals surface area contributed by atoms with Gasteiger partial charge >= 0.3 is 0 Å². The van der Waals surface area contributed by atoms with Crippen molar-refractivity contribution in [2.45, 2.75) is 58.3 Å². The van der Waals surface area contributed by atoms with E-state index in [-0.39, 0.29) is 5.54 Å². The predicted molar refractivity (Wildman–Crippen MR) is 76.4 cm³/mol. The quantitative estimate of drug-likeness (QED) is 0.853. The molecule has 2 rings (SSSR count). The Bertz CT molecular complexity index is 394. The van der Waals surface area contributed by atoms with Gasteiger partial charge in [-0.1, -0.05) is 5.21 Å². The van der Waals surface area contributed by atoms with E-state index in [0.29, 0.717) is 12.7 Å². The van der Waals surface area contributed by atoms with Crippen molar-refractivity contribution in [2.24, 2.45) is 0 Å². The Balaban J connectivity index is 1.67. The number of nitrogens with zero attached hydrogens (tertiary/aromatic N) is 3. The van der Waals surface area contributed by atoms with Crippen molar-refractivity contribution in [1.82, 2.24) is 20.3 Å². The average molecular weight is 282 g/mol. The Hall–Kier alpha value is -0.980. The minimum Gasteiger partial charge on any atom is -0.381 e. The monoisotopic (exact) mass is 282 g/mol. The van der Waals surface area contributed by atoms with Crippen LogP contribution >= 0.6 is 0 Å². The third-order valence-electron chi connectivity index (χ3n) is 3.23. The molecule has 0 atom stereocenters. The van der Waals surface area contributed by atoms with E-state index >= 15 is 0 Å². The van der Waals surface area contributed by atoms with Gasteiger partial charge in [-0.2, -0.15) is 0 Å². The third-order valence-corrected chi connectivity index (χ3v) is 3.23. The van der Waals surface area contributed by atoms with Crippen LogP contribution < -0.4 is 5.32 Å². The van der Waals surface area contributed by atoms with Gasteiger partial charge in [0.25, 0.3) is 0 Å². The smallest absolute Gasteiger partial charge is 0.0965 e. The molecule has 0 unspecified atom stereocenters. The zero-order valence-electron chi connectivity index (χ0n) is 12.8. The maximum absolute atomic E-state index is 5.83. The number of aromatic nitrogens is 3. The molecule has 1 saturated heterocycles. The van der Waals surface area contributed by atoms with E-state index in [0.717, 1.165) is 44.8 Å². The van der Waals surface area contributed by atoms with Crippen LogP contribution in [0.4, 0.5) is 0 Å². The van der Waals surface area contributed by atoms with Crippen molar-refractivity contribution in [3.8, 4) is 0 Å². The summed E-state index contributed by atoms with van der Waals surface area (Å²) in [4.78, 5) is 0. The van der Waals surface area contributed by atoms with Crippen LogP contribution in [0.25, 0.3) is 0 Å². The summed E-state index contributed by atoms with van der Waals surface area (Å²) in [6.45, 7) is 10.2. The number of ether oxygens (including phenoxy) is 2. The molecular weight excluding hydrogens is 256 g/mol. The molecule has 0 spiro atoms. The van der Waals surface area contributed by atoms with Gasteiger partial charge in [0.05, 0.1) is 24.9 Å². The molecule has 1 aliphatic heterocycles. The summed E-state index contributed by atoms with van der Waals surface area (Å²) in [7, 11) is 0. The second-order valence-electron chi connectivity index (χ2n) is 6.26. The Kier molecular flexibility index (Phi) is 5.51. The summed E-state index contributed by atoms with van der Waals surface area (Å²) >= 11 is 0. The van der Waals surface area contributed by atoms with Gasteiger partial charge in [0.1, 0.15) is 0 Å². The van der Waals surface area contributed by atoms with Crippen LogP contribution in [-0.4, -0.2) is 46.5 Å². The van der Waals surface area contributed by atoms with E-state index in [9.17, 15) is 0 Å². The molecule has 114 valence electrons. The van der Waals surface area contributed by atoms with Crippen LogP contribution in [0.15, 0.2) is 6.20 Å². The Morgan fingerprint density at radius 1 is 1.40 bits per heavy atom. The minimum atomic E-state index is 0.0932. The minimum absolute atomic E-state index is 0.0932. The van der Waals surface area contributed by atoms with Gasteiger partial charge in [0.15, 0.2) is 0 Å². The van der Waals surface area contributed by atoms with Crippen molar-refractivity contribution >= 4 is 0 Å². The summed E-state index contributed by atoms with van der Waals surface area (Å²) in [5, 5.41) is 11.7. The summed E-state index contributed by atoms with van der Waals surface area (Å²) in [5.74, 6) is 0. The molecule has 0 saturated carbocycles. The molecule has 0 radical (unpaired) electrons. The van der Waals surface area contributed by atoms with Gasteiger partial charge in [0, 0.05) is 31.5 Å². The molecule has 1 aliphatic rings. The summed E-state index contributed by atoms with van der Waals surface area (Å²) in [5.41, 5.74) is 1.06. The highest BCUT2D eigenvalue weighted by molar-refractivity contribution is 4.93. The number of hydrogen-bond acceptors (Lipinski definition) is 5. The van der Waals surface area contributed by atoms with Crippen LogP contribution in [0.1, 0.15) is 39.3 Å². The average Bonchev–Trinajstić information content (AvgIpc) is 2.85. The van der Waals surface area contributed by atoms with Gasteiger partial charge in [-0.3, -0.25) is 0 Å². The van der Waals surface area contributed by atoms with E-state index in [1.807, 2.05) is 10.9 Å². The fraction of sp³-hybridized carbons (Fsp3) is 0.857. The summed E-state index contributed by atoms with van der Waals surface area (Å²) < 4.78 is 13.0. The molecule has 2 heterocycles. The molecule has 6 nitrogen and oxygen atoms in total. The summed E-state index contributed by atoms with van der Waals surface area (Å²) in [6, 6.07) is 0. The normalized spacial score (nSPS) is 17.6. The van der Waals surface area contributed by atoms with Crippen molar-refractivity contribution in [2.75, 3.05) is 19.8 Å². The standard InChI is InChI=1S/C14H26N4O2/c1-14(2,3)15-10-12-11-18(17-16-12)6-9-20-13-4-7-19-8-5-13/h11,13,15H,4-10H2,1-3H3. The van der Waals surface area contributed by atoms with E-state index in [1.165, 1.54) is 0 Å². The maximum Gasteiger partial charge on any atom is 0.0965 e.